The number of aromatic nitrogens is 2. The summed E-state index contributed by atoms with van der Waals surface area (Å²) in [5, 5.41) is 14.9. The van der Waals surface area contributed by atoms with Crippen LogP contribution in [-0.4, -0.2) is 33.2 Å². The van der Waals surface area contributed by atoms with Crippen molar-refractivity contribution in [1.29, 1.82) is 0 Å². The van der Waals surface area contributed by atoms with Crippen molar-refractivity contribution in [3.63, 3.8) is 0 Å². The van der Waals surface area contributed by atoms with Gasteiger partial charge in [-0.3, -0.25) is 24.3 Å². The number of thioether (sulfide) groups is 1. The lowest BCUT2D eigenvalue weighted by molar-refractivity contribution is -0.385. The number of nitro groups is 1. The van der Waals surface area contributed by atoms with Crippen LogP contribution in [0.1, 0.15) is 30.9 Å². The molecule has 0 bridgehead atoms. The van der Waals surface area contributed by atoms with Crippen LogP contribution in [0.25, 0.3) is 16.6 Å². The van der Waals surface area contributed by atoms with Crippen molar-refractivity contribution < 1.29 is 14.5 Å². The summed E-state index contributed by atoms with van der Waals surface area (Å²) < 4.78 is 6.63. The summed E-state index contributed by atoms with van der Waals surface area (Å²) in [5.74, 6) is 0.00855. The highest BCUT2D eigenvalue weighted by molar-refractivity contribution is 7.99. The van der Waals surface area contributed by atoms with Gasteiger partial charge in [0.05, 0.1) is 34.4 Å². The van der Waals surface area contributed by atoms with Crippen LogP contribution < -0.4 is 15.6 Å². The largest absolute Gasteiger partial charge is 0.490 e. The Bertz CT molecular complexity index is 1550. The SMILES string of the molecule is COc1cc(NC(=O)CSc2nc3ccccc3c(=O)n2-c2ccc(C(C)C)cc2)c(C)cc1[N+](=O)[O-]. The van der Waals surface area contributed by atoms with Gasteiger partial charge in [0.15, 0.2) is 10.9 Å². The molecule has 0 aliphatic rings. The lowest BCUT2D eigenvalue weighted by Gasteiger charge is -2.15. The van der Waals surface area contributed by atoms with Gasteiger partial charge in [0.25, 0.3) is 5.56 Å². The van der Waals surface area contributed by atoms with Gasteiger partial charge in [0, 0.05) is 17.8 Å². The first-order chi connectivity index (χ1) is 17.7. The number of nitrogens with zero attached hydrogens (tertiary/aromatic N) is 3. The van der Waals surface area contributed by atoms with Gasteiger partial charge in [0.2, 0.25) is 5.91 Å². The van der Waals surface area contributed by atoms with Crippen LogP contribution in [0.15, 0.2) is 70.6 Å². The van der Waals surface area contributed by atoms with E-state index in [1.807, 2.05) is 30.3 Å². The second-order valence-corrected chi connectivity index (χ2v) is 9.67. The number of amides is 1. The molecule has 0 aliphatic heterocycles. The number of fused-ring (bicyclic) bond motifs is 1. The summed E-state index contributed by atoms with van der Waals surface area (Å²) in [4.78, 5) is 41.7. The number of ether oxygens (including phenoxy) is 1. The highest BCUT2D eigenvalue weighted by Gasteiger charge is 2.19. The van der Waals surface area contributed by atoms with Gasteiger partial charge < -0.3 is 10.1 Å². The summed E-state index contributed by atoms with van der Waals surface area (Å²) in [6, 6.07) is 17.6. The predicted molar refractivity (Wildman–Crippen MR) is 145 cm³/mol. The Kier molecular flexibility index (Phi) is 7.58. The third-order valence-electron chi connectivity index (χ3n) is 5.89. The molecular formula is C27H26N4O5S. The molecule has 9 nitrogen and oxygen atoms in total. The molecule has 1 heterocycles. The van der Waals surface area contributed by atoms with Crippen molar-refractivity contribution in [2.75, 3.05) is 18.2 Å². The van der Waals surface area contributed by atoms with Crippen molar-refractivity contribution in [1.82, 2.24) is 9.55 Å². The summed E-state index contributed by atoms with van der Waals surface area (Å²) in [6.07, 6.45) is 0. The van der Waals surface area contributed by atoms with Crippen molar-refractivity contribution in [3.05, 3.63) is 92.3 Å². The van der Waals surface area contributed by atoms with E-state index in [9.17, 15) is 19.7 Å². The lowest BCUT2D eigenvalue weighted by Crippen LogP contribution is -2.23. The minimum atomic E-state index is -0.536. The Hall–Kier alpha value is -4.18. The molecule has 4 rings (SSSR count). The van der Waals surface area contributed by atoms with E-state index in [2.05, 4.69) is 24.1 Å². The zero-order chi connectivity index (χ0) is 26.7. The Morgan fingerprint density at radius 2 is 1.86 bits per heavy atom. The van der Waals surface area contributed by atoms with Crippen LogP contribution in [0.3, 0.4) is 0 Å². The number of nitrogens with one attached hydrogen (secondary N) is 1. The number of benzene rings is 3. The van der Waals surface area contributed by atoms with E-state index in [4.69, 9.17) is 4.74 Å². The van der Waals surface area contributed by atoms with E-state index in [1.165, 1.54) is 23.8 Å². The van der Waals surface area contributed by atoms with Crippen molar-refractivity contribution >= 4 is 39.9 Å². The van der Waals surface area contributed by atoms with E-state index < -0.39 is 4.92 Å². The first kappa shape index (κ1) is 25.9. The molecule has 0 fully saturated rings. The number of nitro benzene ring substituents is 1. The van der Waals surface area contributed by atoms with Gasteiger partial charge in [-0.2, -0.15) is 0 Å². The van der Waals surface area contributed by atoms with E-state index in [0.29, 0.717) is 38.9 Å². The zero-order valence-electron chi connectivity index (χ0n) is 20.8. The van der Waals surface area contributed by atoms with E-state index >= 15 is 0 Å². The average Bonchev–Trinajstić information content (AvgIpc) is 2.88. The monoisotopic (exact) mass is 518 g/mol. The summed E-state index contributed by atoms with van der Waals surface area (Å²) in [7, 11) is 1.33. The van der Waals surface area contributed by atoms with Gasteiger partial charge in [-0.15, -0.1) is 0 Å². The number of carbonyl (C=O) groups is 1. The second kappa shape index (κ2) is 10.8. The van der Waals surface area contributed by atoms with E-state index in [0.717, 1.165) is 17.3 Å². The molecular weight excluding hydrogens is 492 g/mol. The van der Waals surface area contributed by atoms with Gasteiger partial charge in [-0.1, -0.05) is 49.9 Å². The molecule has 1 N–H and O–H groups in total. The van der Waals surface area contributed by atoms with Gasteiger partial charge in [-0.25, -0.2) is 4.98 Å². The molecule has 0 saturated carbocycles. The second-order valence-electron chi connectivity index (χ2n) is 8.73. The van der Waals surface area contributed by atoms with Crippen LogP contribution in [0.5, 0.6) is 5.75 Å². The molecule has 0 spiro atoms. The van der Waals surface area contributed by atoms with E-state index in [-0.39, 0.29) is 28.7 Å². The number of anilines is 1. The summed E-state index contributed by atoms with van der Waals surface area (Å²) >= 11 is 1.13. The fourth-order valence-corrected chi connectivity index (χ4v) is 4.69. The Morgan fingerprint density at radius 3 is 2.51 bits per heavy atom. The fourth-order valence-electron chi connectivity index (χ4n) is 3.88. The number of methoxy groups -OCH3 is 1. The van der Waals surface area contributed by atoms with Crippen molar-refractivity contribution in [2.24, 2.45) is 0 Å². The smallest absolute Gasteiger partial charge is 0.311 e. The first-order valence-corrected chi connectivity index (χ1v) is 12.6. The molecule has 1 aromatic heterocycles. The molecule has 0 unspecified atom stereocenters. The molecule has 0 atom stereocenters. The van der Waals surface area contributed by atoms with Gasteiger partial charge >= 0.3 is 5.69 Å². The highest BCUT2D eigenvalue weighted by Crippen LogP contribution is 2.33. The maximum absolute atomic E-state index is 13.4. The summed E-state index contributed by atoms with van der Waals surface area (Å²) in [5.41, 5.74) is 2.88. The number of carbonyl (C=O) groups excluding carboxylic acids is 1. The number of para-hydroxylation sites is 1. The zero-order valence-corrected chi connectivity index (χ0v) is 21.7. The predicted octanol–water partition coefficient (Wildman–Crippen LogP) is 5.47. The molecule has 0 saturated heterocycles. The molecule has 1 amide bonds. The van der Waals surface area contributed by atoms with Crippen LogP contribution in [-0.2, 0) is 4.79 Å². The molecule has 4 aromatic rings. The molecule has 37 heavy (non-hydrogen) atoms. The first-order valence-electron chi connectivity index (χ1n) is 11.6. The van der Waals surface area contributed by atoms with Gasteiger partial charge in [-0.05, 0) is 48.2 Å². The standard InChI is InChI=1S/C27H26N4O5S/c1-16(2)18-9-11-19(12-10-18)30-26(33)20-7-5-6-8-21(20)29-27(30)37-15-25(32)28-22-14-24(36-4)23(31(34)35)13-17(22)3/h5-14,16H,15H2,1-4H3,(H,28,32). The van der Waals surface area contributed by atoms with Crippen molar-refractivity contribution in [3.8, 4) is 11.4 Å². The highest BCUT2D eigenvalue weighted by atomic mass is 32.2. The maximum Gasteiger partial charge on any atom is 0.311 e. The average molecular weight is 519 g/mol. The van der Waals surface area contributed by atoms with Crippen LogP contribution in [0.2, 0.25) is 0 Å². The maximum atomic E-state index is 13.4. The van der Waals surface area contributed by atoms with Crippen LogP contribution in [0.4, 0.5) is 11.4 Å². The van der Waals surface area contributed by atoms with Gasteiger partial charge in [0.1, 0.15) is 0 Å². The normalized spacial score (nSPS) is 11.1. The number of hydrogen-bond acceptors (Lipinski definition) is 7. The van der Waals surface area contributed by atoms with E-state index in [1.54, 1.807) is 25.1 Å². The quantitative estimate of drug-likeness (QED) is 0.142. The summed E-state index contributed by atoms with van der Waals surface area (Å²) in [6.45, 7) is 5.86. The number of hydrogen-bond donors (Lipinski definition) is 1. The molecule has 3 aromatic carbocycles. The van der Waals surface area contributed by atoms with Crippen LogP contribution >= 0.6 is 11.8 Å². The molecule has 10 heteroatoms. The Morgan fingerprint density at radius 1 is 1.16 bits per heavy atom. The topological polar surface area (TPSA) is 116 Å². The third-order valence-corrected chi connectivity index (χ3v) is 6.83. The number of rotatable bonds is 8. The third kappa shape index (κ3) is 5.49. The number of aryl methyl sites for hydroxylation is 1. The molecule has 190 valence electrons. The minimum Gasteiger partial charge on any atom is -0.490 e. The fraction of sp³-hybridized carbons (Fsp3) is 0.222. The minimum absolute atomic E-state index is 0.0341. The Labute approximate surface area is 217 Å². The lowest BCUT2D eigenvalue weighted by atomic mass is 10.0. The molecule has 0 radical (unpaired) electrons. The van der Waals surface area contributed by atoms with Crippen molar-refractivity contribution in [2.45, 2.75) is 31.8 Å². The Balaban J connectivity index is 1.64. The molecule has 0 aliphatic carbocycles. The van der Waals surface area contributed by atoms with Crippen LogP contribution in [0, 0.1) is 17.0 Å².